The first kappa shape index (κ1) is 17.3. The van der Waals surface area contributed by atoms with Crippen LogP contribution in [0.1, 0.15) is 31.4 Å². The molecule has 0 aliphatic carbocycles. The summed E-state index contributed by atoms with van der Waals surface area (Å²) in [5, 5.41) is 19.5. The zero-order valence-corrected chi connectivity index (χ0v) is 12.0. The number of hydrogen-bond acceptors (Lipinski definition) is 3. The highest BCUT2D eigenvalue weighted by Gasteiger charge is 2.60. The van der Waals surface area contributed by atoms with Crippen molar-refractivity contribution in [2.75, 3.05) is 0 Å². The van der Waals surface area contributed by atoms with Gasteiger partial charge in [0.05, 0.1) is 0 Å². The monoisotopic (exact) mass is 305 g/mol. The molecule has 1 rings (SSSR count). The first-order valence-electron chi connectivity index (χ1n) is 6.20. The number of carbonyl (C=O) groups is 1. The molecule has 4 nitrogen and oxygen atoms in total. The van der Waals surface area contributed by atoms with Gasteiger partial charge in [0.1, 0.15) is 5.75 Å². The van der Waals surface area contributed by atoms with E-state index in [1.54, 1.807) is 13.0 Å². The minimum absolute atomic E-state index is 0.200. The number of halogens is 3. The normalized spacial score (nSPS) is 15.6. The molecule has 1 atom stereocenters. The van der Waals surface area contributed by atoms with Crippen LogP contribution in [-0.2, 0) is 10.2 Å². The molecule has 1 amide bonds. The summed E-state index contributed by atoms with van der Waals surface area (Å²) >= 11 is 0. The van der Waals surface area contributed by atoms with Crippen LogP contribution in [0.25, 0.3) is 0 Å². The van der Waals surface area contributed by atoms with Gasteiger partial charge in [-0.2, -0.15) is 13.2 Å². The third-order valence-electron chi connectivity index (χ3n) is 3.46. The highest BCUT2D eigenvalue weighted by molar-refractivity contribution is 5.84. The predicted octanol–water partition coefficient (Wildman–Crippen LogP) is 2.15. The van der Waals surface area contributed by atoms with E-state index in [9.17, 15) is 28.2 Å². The highest BCUT2D eigenvalue weighted by Crippen LogP contribution is 2.43. The lowest BCUT2D eigenvalue weighted by Crippen LogP contribution is -2.58. The van der Waals surface area contributed by atoms with Gasteiger partial charge in [-0.3, -0.25) is 4.79 Å². The van der Waals surface area contributed by atoms with Crippen molar-refractivity contribution in [1.29, 1.82) is 0 Å². The molecule has 7 heteroatoms. The SMILES string of the molecule is Cc1ccc(O)c(C(C)(C)CC(O)(C(N)=O)C(F)(F)F)c1. The maximum absolute atomic E-state index is 13.0. The summed E-state index contributed by atoms with van der Waals surface area (Å²) in [6.45, 7) is 4.49. The third kappa shape index (κ3) is 3.29. The Morgan fingerprint density at radius 2 is 1.81 bits per heavy atom. The minimum Gasteiger partial charge on any atom is -0.508 e. The number of aryl methyl sites for hydroxylation is 1. The second-order valence-electron chi connectivity index (χ2n) is 5.80. The van der Waals surface area contributed by atoms with Gasteiger partial charge in [0.2, 0.25) is 5.60 Å². The molecule has 0 aromatic heterocycles. The van der Waals surface area contributed by atoms with Crippen LogP contribution in [0.3, 0.4) is 0 Å². The van der Waals surface area contributed by atoms with Gasteiger partial charge < -0.3 is 15.9 Å². The number of nitrogens with two attached hydrogens (primary N) is 1. The van der Waals surface area contributed by atoms with Crippen molar-refractivity contribution in [3.05, 3.63) is 29.3 Å². The zero-order chi connectivity index (χ0) is 16.6. The summed E-state index contributed by atoms with van der Waals surface area (Å²) in [6, 6.07) is 4.45. The van der Waals surface area contributed by atoms with Gasteiger partial charge in [0, 0.05) is 6.42 Å². The van der Waals surface area contributed by atoms with Gasteiger partial charge in [-0.05, 0) is 24.0 Å². The van der Waals surface area contributed by atoms with E-state index in [1.807, 2.05) is 0 Å². The molecule has 0 heterocycles. The van der Waals surface area contributed by atoms with E-state index in [0.29, 0.717) is 0 Å². The highest BCUT2D eigenvalue weighted by atomic mass is 19.4. The topological polar surface area (TPSA) is 83.6 Å². The lowest BCUT2D eigenvalue weighted by atomic mass is 9.74. The molecule has 0 bridgehead atoms. The first-order chi connectivity index (χ1) is 9.31. The van der Waals surface area contributed by atoms with Crippen LogP contribution in [-0.4, -0.2) is 27.9 Å². The first-order valence-corrected chi connectivity index (χ1v) is 6.20. The van der Waals surface area contributed by atoms with Crippen LogP contribution in [0.5, 0.6) is 5.75 Å². The Morgan fingerprint density at radius 3 is 2.24 bits per heavy atom. The number of alkyl halides is 3. The standard InChI is InChI=1S/C14H18F3NO3/c1-8-4-5-10(19)9(6-8)12(2,3)7-13(21,11(18)20)14(15,16)17/h4-6,19,21H,7H2,1-3H3,(H2,18,20). The van der Waals surface area contributed by atoms with Crippen molar-refractivity contribution in [3.63, 3.8) is 0 Å². The summed E-state index contributed by atoms with van der Waals surface area (Å²) in [7, 11) is 0. The number of primary amides is 1. The lowest BCUT2D eigenvalue weighted by Gasteiger charge is -2.36. The van der Waals surface area contributed by atoms with Crippen LogP contribution >= 0.6 is 0 Å². The molecule has 118 valence electrons. The van der Waals surface area contributed by atoms with Crippen molar-refractivity contribution in [2.45, 2.75) is 44.4 Å². The van der Waals surface area contributed by atoms with Crippen molar-refractivity contribution in [1.82, 2.24) is 0 Å². The van der Waals surface area contributed by atoms with Crippen LogP contribution in [0.15, 0.2) is 18.2 Å². The minimum atomic E-state index is -5.20. The fourth-order valence-electron chi connectivity index (χ4n) is 2.25. The summed E-state index contributed by atoms with van der Waals surface area (Å²) in [4.78, 5) is 11.1. The number of hydrogen-bond donors (Lipinski definition) is 3. The number of rotatable bonds is 4. The largest absolute Gasteiger partial charge is 0.508 e. The molecule has 21 heavy (non-hydrogen) atoms. The Hall–Kier alpha value is -1.76. The molecule has 4 N–H and O–H groups in total. The molecule has 0 radical (unpaired) electrons. The average Bonchev–Trinajstić information content (AvgIpc) is 2.29. The number of phenolic OH excluding ortho intramolecular Hbond substituents is 1. The molecule has 0 aliphatic heterocycles. The summed E-state index contributed by atoms with van der Waals surface area (Å²) in [5.74, 6) is -2.07. The van der Waals surface area contributed by atoms with E-state index in [0.717, 1.165) is 5.56 Å². The van der Waals surface area contributed by atoms with Crippen LogP contribution in [0, 0.1) is 6.92 Å². The van der Waals surface area contributed by atoms with E-state index in [1.165, 1.54) is 26.0 Å². The smallest absolute Gasteiger partial charge is 0.426 e. The molecule has 0 spiro atoms. The van der Waals surface area contributed by atoms with Crippen molar-refractivity contribution >= 4 is 5.91 Å². The summed E-state index contributed by atoms with van der Waals surface area (Å²) < 4.78 is 38.9. The quantitative estimate of drug-likeness (QED) is 0.797. The molecular weight excluding hydrogens is 287 g/mol. The van der Waals surface area contributed by atoms with E-state index in [4.69, 9.17) is 5.73 Å². The number of carbonyl (C=O) groups excluding carboxylic acids is 1. The summed E-state index contributed by atoms with van der Waals surface area (Å²) in [5.41, 5.74) is 0.683. The van der Waals surface area contributed by atoms with Gasteiger partial charge in [-0.15, -0.1) is 0 Å². The molecule has 0 aliphatic rings. The summed E-state index contributed by atoms with van der Waals surface area (Å²) in [6.07, 6.45) is -6.19. The van der Waals surface area contributed by atoms with Gasteiger partial charge in [0.15, 0.2) is 0 Å². The maximum Gasteiger partial charge on any atom is 0.426 e. The zero-order valence-electron chi connectivity index (χ0n) is 12.0. The Balaban J connectivity index is 3.31. The molecule has 1 aromatic rings. The number of benzene rings is 1. The fraction of sp³-hybridized carbons (Fsp3) is 0.500. The van der Waals surface area contributed by atoms with Crippen molar-refractivity contribution < 1.29 is 28.2 Å². The number of aromatic hydroxyl groups is 1. The molecule has 0 saturated carbocycles. The predicted molar refractivity (Wildman–Crippen MR) is 70.7 cm³/mol. The van der Waals surface area contributed by atoms with Crippen molar-refractivity contribution in [2.24, 2.45) is 5.73 Å². The van der Waals surface area contributed by atoms with Crippen molar-refractivity contribution in [3.8, 4) is 5.75 Å². The second-order valence-corrected chi connectivity index (χ2v) is 5.80. The van der Waals surface area contributed by atoms with Gasteiger partial charge in [-0.1, -0.05) is 31.5 Å². The third-order valence-corrected chi connectivity index (χ3v) is 3.46. The van der Waals surface area contributed by atoms with Crippen LogP contribution in [0.4, 0.5) is 13.2 Å². The van der Waals surface area contributed by atoms with E-state index in [2.05, 4.69) is 0 Å². The molecule has 0 saturated heterocycles. The van der Waals surface area contributed by atoms with Gasteiger partial charge in [0.25, 0.3) is 5.91 Å². The van der Waals surface area contributed by atoms with E-state index < -0.39 is 29.5 Å². The second kappa shape index (κ2) is 5.22. The average molecular weight is 305 g/mol. The molecule has 1 aromatic carbocycles. The molecule has 1 unspecified atom stereocenters. The van der Waals surface area contributed by atoms with E-state index >= 15 is 0 Å². The Morgan fingerprint density at radius 1 is 1.29 bits per heavy atom. The number of phenols is 1. The van der Waals surface area contributed by atoms with Gasteiger partial charge in [-0.25, -0.2) is 0 Å². The fourth-order valence-corrected chi connectivity index (χ4v) is 2.25. The number of amides is 1. The van der Waals surface area contributed by atoms with Crippen LogP contribution in [0.2, 0.25) is 0 Å². The Labute approximate surface area is 120 Å². The van der Waals surface area contributed by atoms with Gasteiger partial charge >= 0.3 is 6.18 Å². The number of aliphatic hydroxyl groups is 1. The van der Waals surface area contributed by atoms with E-state index in [-0.39, 0.29) is 11.3 Å². The van der Waals surface area contributed by atoms with Crippen LogP contribution < -0.4 is 5.73 Å². The Bertz CT molecular complexity index is 555. The molecular formula is C14H18F3NO3. The Kier molecular flexibility index (Phi) is 4.29. The lowest BCUT2D eigenvalue weighted by molar-refractivity contribution is -0.255. The maximum atomic E-state index is 13.0. The molecule has 0 fully saturated rings.